The van der Waals surface area contributed by atoms with Crippen LogP contribution >= 0.6 is 11.3 Å². The van der Waals surface area contributed by atoms with Crippen LogP contribution in [-0.4, -0.2) is 41.7 Å². The van der Waals surface area contributed by atoms with E-state index in [2.05, 4.69) is 0 Å². The molecule has 0 radical (unpaired) electrons. The molecule has 0 saturated carbocycles. The van der Waals surface area contributed by atoms with Gasteiger partial charge in [0.25, 0.3) is 11.5 Å². The third-order valence-electron chi connectivity index (χ3n) is 5.89. The smallest absolute Gasteiger partial charge is 0.259 e. The number of likely N-dealkylation sites (tertiary alicyclic amines) is 1. The Morgan fingerprint density at radius 1 is 1.24 bits per heavy atom. The van der Waals surface area contributed by atoms with Gasteiger partial charge in [-0.15, -0.1) is 11.3 Å². The predicted molar refractivity (Wildman–Crippen MR) is 114 cm³/mol. The van der Waals surface area contributed by atoms with Crippen LogP contribution in [0.3, 0.4) is 0 Å². The number of carbonyl (C=O) groups excluding carboxylic acids is 1. The van der Waals surface area contributed by atoms with Gasteiger partial charge in [0.15, 0.2) is 0 Å². The van der Waals surface area contributed by atoms with Crippen LogP contribution in [0.2, 0.25) is 0 Å². The van der Waals surface area contributed by atoms with Crippen molar-refractivity contribution in [3.8, 4) is 21.7 Å². The van der Waals surface area contributed by atoms with Crippen LogP contribution in [-0.2, 0) is 11.3 Å². The van der Waals surface area contributed by atoms with E-state index in [-0.39, 0.29) is 17.5 Å². The Morgan fingerprint density at radius 2 is 2.07 bits per heavy atom. The summed E-state index contributed by atoms with van der Waals surface area (Å²) in [6, 6.07) is 13.6. The molecule has 2 aliphatic heterocycles. The fourth-order valence-electron chi connectivity index (χ4n) is 4.51. The molecule has 1 amide bonds. The van der Waals surface area contributed by atoms with Gasteiger partial charge >= 0.3 is 0 Å². The van der Waals surface area contributed by atoms with Crippen LogP contribution in [0.5, 0.6) is 0 Å². The highest BCUT2D eigenvalue weighted by Crippen LogP contribution is 2.39. The molecule has 0 unspecified atom stereocenters. The highest BCUT2D eigenvalue weighted by molar-refractivity contribution is 7.13. The van der Waals surface area contributed by atoms with E-state index in [0.717, 1.165) is 41.1 Å². The molecule has 0 aliphatic carbocycles. The molecule has 29 heavy (non-hydrogen) atoms. The van der Waals surface area contributed by atoms with Crippen molar-refractivity contribution in [3.63, 3.8) is 0 Å². The molecule has 1 aromatic carbocycles. The molecule has 2 aliphatic rings. The second kappa shape index (κ2) is 7.28. The Kier molecular flexibility index (Phi) is 4.60. The lowest BCUT2D eigenvalue weighted by molar-refractivity contribution is 0.0631. The fraction of sp³-hybridized carbons (Fsp3) is 0.304. The van der Waals surface area contributed by atoms with Gasteiger partial charge in [0.2, 0.25) is 0 Å². The number of hydrogen-bond acceptors (Lipinski definition) is 4. The minimum Gasteiger partial charge on any atom is -0.383 e. The Morgan fingerprint density at radius 3 is 2.86 bits per heavy atom. The SMILES string of the molecule is COC[C@@H]1CCCN1C(=O)c1cc(-c2ccccc2)c(=O)n2c1-c1sccc1C2. The van der Waals surface area contributed by atoms with Crippen molar-refractivity contribution in [1.82, 2.24) is 9.47 Å². The molecule has 4 heterocycles. The van der Waals surface area contributed by atoms with Crippen molar-refractivity contribution in [3.05, 3.63) is 69.3 Å². The summed E-state index contributed by atoms with van der Waals surface area (Å²) in [6.45, 7) is 1.79. The number of fused-ring (bicyclic) bond motifs is 3. The van der Waals surface area contributed by atoms with E-state index in [1.165, 1.54) is 0 Å². The van der Waals surface area contributed by atoms with E-state index in [4.69, 9.17) is 4.74 Å². The van der Waals surface area contributed by atoms with E-state index in [9.17, 15) is 9.59 Å². The maximum absolute atomic E-state index is 13.7. The Hall–Kier alpha value is -2.70. The van der Waals surface area contributed by atoms with E-state index >= 15 is 0 Å². The van der Waals surface area contributed by atoms with Gasteiger partial charge in [-0.2, -0.15) is 0 Å². The Labute approximate surface area is 173 Å². The number of pyridine rings is 1. The van der Waals surface area contributed by atoms with Crippen LogP contribution in [0.1, 0.15) is 28.8 Å². The first-order chi connectivity index (χ1) is 14.2. The van der Waals surface area contributed by atoms with Gasteiger partial charge in [-0.1, -0.05) is 30.3 Å². The van der Waals surface area contributed by atoms with Crippen molar-refractivity contribution < 1.29 is 9.53 Å². The summed E-state index contributed by atoms with van der Waals surface area (Å²) in [5.41, 5.74) is 3.88. The van der Waals surface area contributed by atoms with Crippen LogP contribution in [0.15, 0.2) is 52.6 Å². The molecule has 1 saturated heterocycles. The van der Waals surface area contributed by atoms with Gasteiger partial charge in [-0.3, -0.25) is 9.59 Å². The van der Waals surface area contributed by atoms with Gasteiger partial charge in [-0.25, -0.2) is 0 Å². The third-order valence-corrected chi connectivity index (χ3v) is 6.86. The average molecular weight is 407 g/mol. The molecule has 2 aromatic heterocycles. The maximum atomic E-state index is 13.7. The molecule has 5 nitrogen and oxygen atoms in total. The minimum atomic E-state index is -0.0407. The van der Waals surface area contributed by atoms with E-state index in [1.54, 1.807) is 23.0 Å². The molecule has 6 heteroatoms. The van der Waals surface area contributed by atoms with Gasteiger partial charge in [0.05, 0.1) is 35.3 Å². The zero-order chi connectivity index (χ0) is 20.0. The van der Waals surface area contributed by atoms with Crippen LogP contribution in [0.4, 0.5) is 0 Å². The first-order valence-corrected chi connectivity index (χ1v) is 10.8. The van der Waals surface area contributed by atoms with E-state index < -0.39 is 0 Å². The molecule has 0 bridgehead atoms. The summed E-state index contributed by atoms with van der Waals surface area (Å²) in [5, 5.41) is 2.03. The van der Waals surface area contributed by atoms with Crippen molar-refractivity contribution in [1.29, 1.82) is 0 Å². The average Bonchev–Trinajstić information content (AvgIpc) is 3.45. The Balaban J connectivity index is 1.69. The molecular weight excluding hydrogens is 384 g/mol. The summed E-state index contributed by atoms with van der Waals surface area (Å²) >= 11 is 1.60. The Bertz CT molecular complexity index is 1130. The third kappa shape index (κ3) is 2.94. The van der Waals surface area contributed by atoms with Crippen molar-refractivity contribution in [2.45, 2.75) is 25.4 Å². The second-order valence-corrected chi connectivity index (χ2v) is 8.52. The predicted octanol–water partition coefficient (Wildman–Crippen LogP) is 3.86. The molecule has 0 spiro atoms. The highest BCUT2D eigenvalue weighted by atomic mass is 32.1. The number of amides is 1. The zero-order valence-corrected chi connectivity index (χ0v) is 17.1. The minimum absolute atomic E-state index is 0.00766. The van der Waals surface area contributed by atoms with Crippen molar-refractivity contribution >= 4 is 17.2 Å². The fourth-order valence-corrected chi connectivity index (χ4v) is 5.50. The van der Waals surface area contributed by atoms with E-state index in [0.29, 0.717) is 24.3 Å². The number of carbonyl (C=O) groups is 1. The van der Waals surface area contributed by atoms with E-state index in [1.807, 2.05) is 52.7 Å². The second-order valence-electron chi connectivity index (χ2n) is 7.60. The van der Waals surface area contributed by atoms with Crippen LogP contribution in [0, 0.1) is 0 Å². The molecule has 3 aromatic rings. The summed E-state index contributed by atoms with van der Waals surface area (Å²) in [7, 11) is 1.67. The van der Waals surface area contributed by atoms with Gasteiger partial charge in [-0.05, 0) is 41.5 Å². The molecule has 0 N–H and O–H groups in total. The standard InChI is InChI=1S/C23H22N2O3S/c1-28-14-17-8-5-10-24(17)23(27)19-12-18(15-6-3-2-4-7-15)22(26)25-13-16-9-11-29-21(16)20(19)25/h2-4,6-7,9,11-12,17H,5,8,10,13-14H2,1H3/t17-/m0/s1. The molecule has 1 atom stereocenters. The van der Waals surface area contributed by atoms with Crippen LogP contribution < -0.4 is 5.56 Å². The number of ether oxygens (including phenoxy) is 1. The number of methoxy groups -OCH3 is 1. The maximum Gasteiger partial charge on any atom is 0.259 e. The molecule has 148 valence electrons. The van der Waals surface area contributed by atoms with Crippen LogP contribution in [0.25, 0.3) is 21.7 Å². The number of aromatic nitrogens is 1. The number of thiophene rings is 1. The normalized spacial score (nSPS) is 17.4. The number of nitrogens with zero attached hydrogens (tertiary/aromatic N) is 2. The monoisotopic (exact) mass is 406 g/mol. The summed E-state index contributed by atoms with van der Waals surface area (Å²) in [4.78, 5) is 29.9. The lowest BCUT2D eigenvalue weighted by atomic mass is 10.0. The first-order valence-electron chi connectivity index (χ1n) is 9.89. The topological polar surface area (TPSA) is 51.5 Å². The number of hydrogen-bond donors (Lipinski definition) is 0. The lowest BCUT2D eigenvalue weighted by Crippen LogP contribution is -2.39. The van der Waals surface area contributed by atoms with Crippen molar-refractivity contribution in [2.24, 2.45) is 0 Å². The quantitative estimate of drug-likeness (QED) is 0.517. The van der Waals surface area contributed by atoms with Crippen molar-refractivity contribution in [2.75, 3.05) is 20.3 Å². The summed E-state index contributed by atoms with van der Waals surface area (Å²) < 4.78 is 7.12. The molecule has 1 fully saturated rings. The molecular formula is C23H22N2O3S. The number of benzene rings is 1. The summed E-state index contributed by atoms with van der Waals surface area (Å²) in [6.07, 6.45) is 1.93. The van der Waals surface area contributed by atoms with Gasteiger partial charge < -0.3 is 14.2 Å². The molecule has 5 rings (SSSR count). The highest BCUT2D eigenvalue weighted by Gasteiger charge is 2.34. The summed E-state index contributed by atoms with van der Waals surface area (Å²) in [5.74, 6) is -0.00766. The number of rotatable bonds is 4. The largest absolute Gasteiger partial charge is 0.383 e. The first kappa shape index (κ1) is 18.3. The van der Waals surface area contributed by atoms with Gasteiger partial charge in [0, 0.05) is 19.2 Å². The zero-order valence-electron chi connectivity index (χ0n) is 16.3. The van der Waals surface area contributed by atoms with Gasteiger partial charge in [0.1, 0.15) is 0 Å². The lowest BCUT2D eigenvalue weighted by Gasteiger charge is -2.25.